The van der Waals surface area contributed by atoms with Gasteiger partial charge in [0, 0.05) is 24.7 Å². The van der Waals surface area contributed by atoms with Crippen molar-refractivity contribution in [2.45, 2.75) is 6.92 Å². The van der Waals surface area contributed by atoms with E-state index in [-0.39, 0.29) is 30.8 Å². The van der Waals surface area contributed by atoms with Crippen LogP contribution in [0.3, 0.4) is 0 Å². The highest BCUT2D eigenvalue weighted by Gasteiger charge is 2.27. The van der Waals surface area contributed by atoms with Crippen LogP contribution in [0.15, 0.2) is 24.3 Å². The Morgan fingerprint density at radius 1 is 1.60 bits per heavy atom. The molecule has 1 heterocycles. The first kappa shape index (κ1) is 11.2. The van der Waals surface area contributed by atoms with Gasteiger partial charge in [-0.15, -0.1) is 0 Å². The zero-order chi connectivity index (χ0) is 11.4. The third-order valence-electron chi connectivity index (χ3n) is 2.01. The fourth-order valence-corrected chi connectivity index (χ4v) is 1.21. The van der Waals surface area contributed by atoms with Crippen LogP contribution < -0.4 is 5.32 Å². The molecule has 80 valence electrons. The third kappa shape index (κ3) is 2.52. The average molecular weight is 208 g/mol. The number of imide groups is 1. The molecule has 0 aromatic heterocycles. The fraction of sp³-hybridized carbons (Fsp3) is 0.300. The monoisotopic (exact) mass is 208 g/mol. The Bertz CT molecular complexity index is 358. The van der Waals surface area contributed by atoms with Gasteiger partial charge in [0.05, 0.1) is 0 Å². The third-order valence-corrected chi connectivity index (χ3v) is 2.01. The van der Waals surface area contributed by atoms with Crippen molar-refractivity contribution in [2.24, 2.45) is 0 Å². The minimum absolute atomic E-state index is 0.186. The first-order chi connectivity index (χ1) is 7.06. The fourth-order valence-electron chi connectivity index (χ4n) is 1.21. The molecule has 0 unspecified atom stereocenters. The Labute approximate surface area is 87.4 Å². The van der Waals surface area contributed by atoms with Crippen molar-refractivity contribution in [3.8, 4) is 0 Å². The molecule has 0 fully saturated rings. The van der Waals surface area contributed by atoms with E-state index in [1.54, 1.807) is 6.92 Å². The molecule has 0 spiro atoms. The Morgan fingerprint density at radius 2 is 2.27 bits per heavy atom. The molecule has 0 aromatic carbocycles. The van der Waals surface area contributed by atoms with Crippen molar-refractivity contribution in [3.05, 3.63) is 24.3 Å². The molecule has 1 rings (SSSR count). The van der Waals surface area contributed by atoms with E-state index in [0.717, 1.165) is 11.0 Å². The zero-order valence-corrected chi connectivity index (χ0v) is 8.45. The summed E-state index contributed by atoms with van der Waals surface area (Å²) in [5.41, 5.74) is 0.426. The van der Waals surface area contributed by atoms with E-state index in [2.05, 4.69) is 11.9 Å². The maximum atomic E-state index is 11.4. The van der Waals surface area contributed by atoms with E-state index in [0.29, 0.717) is 5.57 Å². The smallest absolute Gasteiger partial charge is 0.256 e. The summed E-state index contributed by atoms with van der Waals surface area (Å²) in [6.45, 7) is 5.29. The van der Waals surface area contributed by atoms with Gasteiger partial charge in [0.25, 0.3) is 11.8 Å². The highest BCUT2D eigenvalue weighted by molar-refractivity contribution is 6.15. The zero-order valence-electron chi connectivity index (χ0n) is 8.45. The van der Waals surface area contributed by atoms with E-state index in [4.69, 9.17) is 0 Å². The minimum Gasteiger partial charge on any atom is -0.351 e. The lowest BCUT2D eigenvalue weighted by Gasteiger charge is -2.13. The van der Waals surface area contributed by atoms with Crippen LogP contribution in [0.1, 0.15) is 6.92 Å². The summed E-state index contributed by atoms with van der Waals surface area (Å²) in [6, 6.07) is 0. The van der Waals surface area contributed by atoms with Crippen LogP contribution in [-0.2, 0) is 14.4 Å². The summed E-state index contributed by atoms with van der Waals surface area (Å²) in [4.78, 5) is 34.5. The van der Waals surface area contributed by atoms with Gasteiger partial charge in [0.1, 0.15) is 0 Å². The Kier molecular flexibility index (Phi) is 3.38. The van der Waals surface area contributed by atoms with Gasteiger partial charge in [-0.2, -0.15) is 0 Å². The van der Waals surface area contributed by atoms with E-state index < -0.39 is 0 Å². The molecule has 1 aliphatic heterocycles. The molecule has 1 aliphatic rings. The van der Waals surface area contributed by atoms with E-state index in [1.807, 2.05) is 0 Å². The van der Waals surface area contributed by atoms with Crippen molar-refractivity contribution in [2.75, 3.05) is 13.1 Å². The molecule has 5 heteroatoms. The molecule has 5 nitrogen and oxygen atoms in total. The molecule has 0 aromatic rings. The van der Waals surface area contributed by atoms with E-state index >= 15 is 0 Å². The molecular weight excluding hydrogens is 196 g/mol. The molecular formula is C10H12N2O3. The van der Waals surface area contributed by atoms with Crippen LogP contribution in [0, 0.1) is 0 Å². The lowest BCUT2D eigenvalue weighted by Crippen LogP contribution is -2.38. The van der Waals surface area contributed by atoms with Gasteiger partial charge in [-0.1, -0.05) is 6.58 Å². The second-order valence-corrected chi connectivity index (χ2v) is 3.12. The van der Waals surface area contributed by atoms with Crippen molar-refractivity contribution < 1.29 is 14.4 Å². The van der Waals surface area contributed by atoms with E-state index in [1.165, 1.54) is 6.08 Å². The minimum atomic E-state index is -0.328. The normalized spacial score (nSPS) is 15.3. The molecule has 3 amide bonds. The first-order valence-electron chi connectivity index (χ1n) is 4.50. The predicted molar refractivity (Wildman–Crippen MR) is 53.7 cm³/mol. The highest BCUT2D eigenvalue weighted by atomic mass is 16.2. The lowest BCUT2D eigenvalue weighted by molar-refractivity contribution is -0.137. The van der Waals surface area contributed by atoms with E-state index in [9.17, 15) is 14.4 Å². The molecule has 0 aliphatic carbocycles. The Balaban J connectivity index is 2.41. The van der Waals surface area contributed by atoms with Crippen LogP contribution in [0.5, 0.6) is 0 Å². The number of rotatable bonds is 4. The summed E-state index contributed by atoms with van der Waals surface area (Å²) in [6.07, 6.45) is 2.43. The van der Waals surface area contributed by atoms with Gasteiger partial charge in [0.15, 0.2) is 0 Å². The van der Waals surface area contributed by atoms with Crippen LogP contribution in [0.4, 0.5) is 0 Å². The van der Waals surface area contributed by atoms with Gasteiger partial charge < -0.3 is 5.32 Å². The molecule has 1 N–H and O–H groups in total. The van der Waals surface area contributed by atoms with Gasteiger partial charge >= 0.3 is 0 Å². The predicted octanol–water partition coefficient (Wildman–Crippen LogP) is -0.396. The lowest BCUT2D eigenvalue weighted by atomic mass is 10.3. The quantitative estimate of drug-likeness (QED) is 0.505. The summed E-state index contributed by atoms with van der Waals surface area (Å²) < 4.78 is 0. The molecule has 0 atom stereocenters. The summed E-state index contributed by atoms with van der Waals surface area (Å²) >= 11 is 0. The summed E-state index contributed by atoms with van der Waals surface area (Å²) in [5.74, 6) is -0.947. The Hall–Kier alpha value is -1.91. The number of hydrogen-bond donors (Lipinski definition) is 1. The SMILES string of the molecule is C=CC(=O)NCCN1C(=O)C=C(C)C1=O. The molecule has 0 saturated heterocycles. The highest BCUT2D eigenvalue weighted by Crippen LogP contribution is 2.10. The molecule has 0 saturated carbocycles. The summed E-state index contributed by atoms with van der Waals surface area (Å²) in [7, 11) is 0. The topological polar surface area (TPSA) is 66.5 Å². The maximum Gasteiger partial charge on any atom is 0.256 e. The number of amides is 3. The number of carbonyl (C=O) groups excluding carboxylic acids is 3. The number of nitrogens with zero attached hydrogens (tertiary/aromatic N) is 1. The van der Waals surface area contributed by atoms with Gasteiger partial charge in [-0.3, -0.25) is 19.3 Å². The van der Waals surface area contributed by atoms with Crippen molar-refractivity contribution in [3.63, 3.8) is 0 Å². The van der Waals surface area contributed by atoms with Crippen LogP contribution in [0.2, 0.25) is 0 Å². The van der Waals surface area contributed by atoms with Gasteiger partial charge in [-0.25, -0.2) is 0 Å². The first-order valence-corrected chi connectivity index (χ1v) is 4.50. The number of hydrogen-bond acceptors (Lipinski definition) is 3. The maximum absolute atomic E-state index is 11.4. The number of nitrogens with one attached hydrogen (secondary N) is 1. The molecule has 0 bridgehead atoms. The number of carbonyl (C=O) groups is 3. The second kappa shape index (κ2) is 4.54. The van der Waals surface area contributed by atoms with Crippen LogP contribution in [-0.4, -0.2) is 35.7 Å². The van der Waals surface area contributed by atoms with Crippen molar-refractivity contribution >= 4 is 17.7 Å². The largest absolute Gasteiger partial charge is 0.351 e. The Morgan fingerprint density at radius 3 is 2.73 bits per heavy atom. The standard InChI is InChI=1S/C10H12N2O3/c1-3-8(13)11-4-5-12-9(14)6-7(2)10(12)15/h3,6H,1,4-5H2,2H3,(H,11,13). The van der Waals surface area contributed by atoms with Crippen molar-refractivity contribution in [1.29, 1.82) is 0 Å². The van der Waals surface area contributed by atoms with Gasteiger partial charge in [-0.05, 0) is 13.0 Å². The summed E-state index contributed by atoms with van der Waals surface area (Å²) in [5, 5.41) is 2.49. The van der Waals surface area contributed by atoms with Crippen LogP contribution >= 0.6 is 0 Å². The van der Waals surface area contributed by atoms with Gasteiger partial charge in [0.2, 0.25) is 5.91 Å². The van der Waals surface area contributed by atoms with Crippen LogP contribution in [0.25, 0.3) is 0 Å². The second-order valence-electron chi connectivity index (χ2n) is 3.12. The molecule has 0 radical (unpaired) electrons. The van der Waals surface area contributed by atoms with Crippen molar-refractivity contribution in [1.82, 2.24) is 10.2 Å². The molecule has 15 heavy (non-hydrogen) atoms. The average Bonchev–Trinajstić information content (AvgIpc) is 2.44.